The lowest BCUT2D eigenvalue weighted by molar-refractivity contribution is -0.142. The quantitative estimate of drug-likeness (QED) is 0.545. The Morgan fingerprint density at radius 2 is 1.79 bits per heavy atom. The fourth-order valence-electron chi connectivity index (χ4n) is 2.38. The molecular formula is C20H17ClF3NO3. The normalized spacial score (nSPS) is 11.5. The predicted molar refractivity (Wildman–Crippen MR) is 101 cm³/mol. The molecule has 0 fully saturated rings. The molecule has 0 aliphatic rings. The van der Waals surface area contributed by atoms with Crippen molar-refractivity contribution in [1.29, 1.82) is 0 Å². The highest BCUT2D eigenvalue weighted by Gasteiger charge is 2.29. The number of hydrogen-bond acceptors (Lipinski definition) is 3. The van der Waals surface area contributed by atoms with Crippen LogP contribution in [0.15, 0.2) is 42.5 Å². The van der Waals surface area contributed by atoms with Gasteiger partial charge < -0.3 is 10.1 Å². The van der Waals surface area contributed by atoms with E-state index in [0.29, 0.717) is 16.3 Å². The lowest BCUT2D eigenvalue weighted by atomic mass is 10.1. The van der Waals surface area contributed by atoms with Crippen molar-refractivity contribution in [3.05, 3.63) is 69.8 Å². The van der Waals surface area contributed by atoms with Crippen LogP contribution in [-0.2, 0) is 20.5 Å². The van der Waals surface area contributed by atoms with Crippen molar-refractivity contribution in [3.63, 3.8) is 0 Å². The maximum Gasteiger partial charge on any atom is 0.416 e. The van der Waals surface area contributed by atoms with Crippen LogP contribution >= 0.6 is 11.6 Å². The van der Waals surface area contributed by atoms with Crippen molar-refractivity contribution >= 4 is 35.2 Å². The number of carbonyl (C=O) groups is 2. The van der Waals surface area contributed by atoms with Crippen molar-refractivity contribution in [2.75, 3.05) is 11.9 Å². The Kier molecular flexibility index (Phi) is 6.85. The summed E-state index contributed by atoms with van der Waals surface area (Å²) in [5.41, 5.74) is 1.76. The highest BCUT2D eigenvalue weighted by molar-refractivity contribution is 6.34. The molecule has 0 heterocycles. The third-order valence-corrected chi connectivity index (χ3v) is 3.99. The average Bonchev–Trinajstić information content (AvgIpc) is 2.60. The zero-order valence-corrected chi connectivity index (χ0v) is 15.8. The van der Waals surface area contributed by atoms with Crippen LogP contribution in [0.4, 0.5) is 18.9 Å². The van der Waals surface area contributed by atoms with Gasteiger partial charge in [-0.05, 0) is 54.8 Å². The minimum absolute atomic E-state index is 0.374. The maximum absolute atomic E-state index is 12.5. The Bertz CT molecular complexity index is 883. The van der Waals surface area contributed by atoms with E-state index in [0.717, 1.165) is 29.3 Å². The van der Waals surface area contributed by atoms with E-state index >= 15 is 0 Å². The number of amides is 1. The van der Waals surface area contributed by atoms with E-state index in [1.54, 1.807) is 13.0 Å². The molecule has 0 aliphatic carbocycles. The monoisotopic (exact) mass is 411 g/mol. The fraction of sp³-hybridized carbons (Fsp3) is 0.200. The van der Waals surface area contributed by atoms with Gasteiger partial charge in [0.15, 0.2) is 6.61 Å². The lowest BCUT2D eigenvalue weighted by Gasteiger charge is -2.11. The third-order valence-electron chi connectivity index (χ3n) is 3.69. The molecule has 8 heteroatoms. The van der Waals surface area contributed by atoms with Gasteiger partial charge in [-0.1, -0.05) is 29.8 Å². The van der Waals surface area contributed by atoms with E-state index < -0.39 is 30.2 Å². The maximum atomic E-state index is 12.5. The van der Waals surface area contributed by atoms with E-state index in [4.69, 9.17) is 16.3 Å². The van der Waals surface area contributed by atoms with Crippen molar-refractivity contribution in [2.24, 2.45) is 0 Å². The van der Waals surface area contributed by atoms with Gasteiger partial charge in [0.2, 0.25) is 0 Å². The van der Waals surface area contributed by atoms with Gasteiger partial charge in [-0.25, -0.2) is 4.79 Å². The molecule has 1 amide bonds. The Morgan fingerprint density at radius 1 is 1.14 bits per heavy atom. The zero-order chi connectivity index (χ0) is 20.9. The molecule has 2 rings (SSSR count). The van der Waals surface area contributed by atoms with Crippen molar-refractivity contribution in [3.8, 4) is 0 Å². The summed E-state index contributed by atoms with van der Waals surface area (Å²) >= 11 is 6.09. The van der Waals surface area contributed by atoms with Crippen molar-refractivity contribution in [2.45, 2.75) is 20.0 Å². The highest BCUT2D eigenvalue weighted by atomic mass is 35.5. The number of benzene rings is 2. The fourth-order valence-corrected chi connectivity index (χ4v) is 2.75. The molecule has 0 unspecified atom stereocenters. The number of esters is 1. The van der Waals surface area contributed by atoms with Gasteiger partial charge >= 0.3 is 12.1 Å². The standard InChI is InChI=1S/C20H17ClF3NO3/c1-12-9-13(2)19(16(21)10-12)25-17(26)11-28-18(27)8-5-14-3-6-15(7-4-14)20(22,23)24/h3-10H,11H2,1-2H3,(H,25,26)/b8-5+. The highest BCUT2D eigenvalue weighted by Crippen LogP contribution is 2.29. The number of carbonyl (C=O) groups excluding carboxylic acids is 2. The summed E-state index contributed by atoms with van der Waals surface area (Å²) in [6.07, 6.45) is -2.10. The number of rotatable bonds is 5. The molecule has 0 radical (unpaired) electrons. The van der Waals surface area contributed by atoms with Gasteiger partial charge in [0.05, 0.1) is 16.3 Å². The summed E-state index contributed by atoms with van der Waals surface area (Å²) in [7, 11) is 0. The van der Waals surface area contributed by atoms with Crippen LogP contribution in [0.1, 0.15) is 22.3 Å². The molecule has 2 aromatic rings. The summed E-state index contributed by atoms with van der Waals surface area (Å²) in [4.78, 5) is 23.6. The van der Waals surface area contributed by atoms with Crippen LogP contribution < -0.4 is 5.32 Å². The van der Waals surface area contributed by atoms with Crippen LogP contribution in [0.3, 0.4) is 0 Å². The SMILES string of the molecule is Cc1cc(C)c(NC(=O)COC(=O)/C=C/c2ccc(C(F)(F)F)cc2)c(Cl)c1. The molecule has 4 nitrogen and oxygen atoms in total. The molecule has 2 aromatic carbocycles. The van der Waals surface area contributed by atoms with Crippen LogP contribution in [0, 0.1) is 13.8 Å². The molecule has 0 aromatic heterocycles. The summed E-state index contributed by atoms with van der Waals surface area (Å²) in [6, 6.07) is 7.81. The largest absolute Gasteiger partial charge is 0.452 e. The Morgan fingerprint density at radius 3 is 2.36 bits per heavy atom. The molecule has 0 spiro atoms. The van der Waals surface area contributed by atoms with Crippen LogP contribution in [0.25, 0.3) is 6.08 Å². The molecule has 28 heavy (non-hydrogen) atoms. The number of alkyl halides is 3. The minimum atomic E-state index is -4.42. The van der Waals surface area contributed by atoms with E-state index in [9.17, 15) is 22.8 Å². The van der Waals surface area contributed by atoms with Gasteiger partial charge in [0.25, 0.3) is 5.91 Å². The van der Waals surface area contributed by atoms with Gasteiger partial charge in [0, 0.05) is 6.08 Å². The van der Waals surface area contributed by atoms with Crippen LogP contribution in [0.2, 0.25) is 5.02 Å². The number of ether oxygens (including phenoxy) is 1. The van der Waals surface area contributed by atoms with Gasteiger partial charge in [-0.2, -0.15) is 13.2 Å². The summed E-state index contributed by atoms with van der Waals surface area (Å²) in [5, 5.41) is 2.95. The third kappa shape index (κ3) is 6.13. The smallest absolute Gasteiger partial charge is 0.416 e. The summed E-state index contributed by atoms with van der Waals surface area (Å²) in [6.45, 7) is 3.13. The first kappa shape index (κ1) is 21.5. The average molecular weight is 412 g/mol. The first-order valence-corrected chi connectivity index (χ1v) is 8.53. The van der Waals surface area contributed by atoms with E-state index in [1.165, 1.54) is 18.2 Å². The summed E-state index contributed by atoms with van der Waals surface area (Å²) in [5.74, 6) is -1.37. The van der Waals surface area contributed by atoms with E-state index in [1.807, 2.05) is 13.0 Å². The van der Waals surface area contributed by atoms with Gasteiger partial charge in [-0.15, -0.1) is 0 Å². The molecule has 1 N–H and O–H groups in total. The molecule has 0 saturated heterocycles. The number of nitrogens with one attached hydrogen (secondary N) is 1. The second kappa shape index (κ2) is 8.93. The number of anilines is 1. The van der Waals surface area contributed by atoms with Gasteiger partial charge in [0.1, 0.15) is 0 Å². The summed E-state index contributed by atoms with van der Waals surface area (Å²) < 4.78 is 42.3. The molecule has 0 atom stereocenters. The lowest BCUT2D eigenvalue weighted by Crippen LogP contribution is -2.20. The number of aryl methyl sites for hydroxylation is 2. The molecule has 0 saturated carbocycles. The topological polar surface area (TPSA) is 55.4 Å². The zero-order valence-electron chi connectivity index (χ0n) is 15.1. The van der Waals surface area contributed by atoms with Crippen molar-refractivity contribution in [1.82, 2.24) is 0 Å². The van der Waals surface area contributed by atoms with Crippen LogP contribution in [0.5, 0.6) is 0 Å². The minimum Gasteiger partial charge on any atom is -0.452 e. The Balaban J connectivity index is 1.88. The first-order valence-electron chi connectivity index (χ1n) is 8.15. The molecule has 0 bridgehead atoms. The van der Waals surface area contributed by atoms with E-state index in [-0.39, 0.29) is 0 Å². The molecular weight excluding hydrogens is 395 g/mol. The van der Waals surface area contributed by atoms with Gasteiger partial charge in [-0.3, -0.25) is 4.79 Å². The number of halogens is 4. The first-order chi connectivity index (χ1) is 13.1. The Labute approximate surface area is 165 Å². The van der Waals surface area contributed by atoms with Crippen molar-refractivity contribution < 1.29 is 27.5 Å². The molecule has 0 aliphatic heterocycles. The van der Waals surface area contributed by atoms with E-state index in [2.05, 4.69) is 5.32 Å². The molecule has 148 valence electrons. The van der Waals surface area contributed by atoms with Crippen LogP contribution in [-0.4, -0.2) is 18.5 Å². The Hall–Kier alpha value is -2.80. The second-order valence-corrected chi connectivity index (χ2v) is 6.45. The predicted octanol–water partition coefficient (Wildman–Crippen LogP) is 5.17. The second-order valence-electron chi connectivity index (χ2n) is 6.05. The number of hydrogen-bond donors (Lipinski definition) is 1.